The monoisotopic (exact) mass is 362 g/mol. The van der Waals surface area contributed by atoms with Crippen molar-refractivity contribution in [2.24, 2.45) is 0 Å². The highest BCUT2D eigenvalue weighted by Crippen LogP contribution is 2.13. The number of carbonyl (C=O) groups excluding carboxylic acids is 1. The molecule has 0 atom stereocenters. The molecule has 27 heavy (non-hydrogen) atoms. The van der Waals surface area contributed by atoms with E-state index in [2.05, 4.69) is 31.1 Å². The van der Waals surface area contributed by atoms with Crippen LogP contribution in [0.15, 0.2) is 60.8 Å². The molecule has 7 heteroatoms. The van der Waals surface area contributed by atoms with E-state index >= 15 is 0 Å². The molecule has 2 aromatic heterocycles. The molecule has 0 spiro atoms. The van der Waals surface area contributed by atoms with E-state index in [0.29, 0.717) is 31.1 Å². The molecule has 138 valence electrons. The van der Waals surface area contributed by atoms with Crippen molar-refractivity contribution in [3.63, 3.8) is 0 Å². The first kappa shape index (κ1) is 18.3. The van der Waals surface area contributed by atoms with Crippen molar-refractivity contribution in [3.8, 4) is 0 Å². The Morgan fingerprint density at radius 1 is 0.926 bits per heavy atom. The first-order valence-corrected chi connectivity index (χ1v) is 8.77. The van der Waals surface area contributed by atoms with Gasteiger partial charge in [0.25, 0.3) is 0 Å². The summed E-state index contributed by atoms with van der Waals surface area (Å²) >= 11 is 0. The van der Waals surface area contributed by atoms with Gasteiger partial charge in [-0.05, 0) is 42.3 Å². The van der Waals surface area contributed by atoms with E-state index in [1.165, 1.54) is 0 Å². The maximum absolute atomic E-state index is 11.9. The predicted molar refractivity (Wildman–Crippen MR) is 106 cm³/mol. The predicted octanol–water partition coefficient (Wildman–Crippen LogP) is 2.69. The fourth-order valence-corrected chi connectivity index (χ4v) is 2.47. The number of aromatic nitrogens is 3. The van der Waals surface area contributed by atoms with Gasteiger partial charge < -0.3 is 16.0 Å². The van der Waals surface area contributed by atoms with Crippen molar-refractivity contribution in [3.05, 3.63) is 71.9 Å². The van der Waals surface area contributed by atoms with Gasteiger partial charge >= 0.3 is 0 Å². The Bertz CT molecular complexity index is 867. The number of carbonyl (C=O) groups is 1. The number of hydrogen-bond acceptors (Lipinski definition) is 6. The van der Waals surface area contributed by atoms with Gasteiger partial charge in [-0.25, -0.2) is 4.98 Å². The Balaban J connectivity index is 1.39. The Hall–Kier alpha value is -3.48. The zero-order chi connectivity index (χ0) is 18.9. The van der Waals surface area contributed by atoms with Crippen molar-refractivity contribution < 1.29 is 4.79 Å². The molecule has 0 aliphatic rings. The van der Waals surface area contributed by atoms with Crippen LogP contribution < -0.4 is 16.0 Å². The van der Waals surface area contributed by atoms with E-state index in [9.17, 15) is 4.79 Å². The van der Waals surface area contributed by atoms with Crippen LogP contribution in [0.2, 0.25) is 0 Å². The highest BCUT2D eigenvalue weighted by atomic mass is 16.1. The molecule has 0 unspecified atom stereocenters. The summed E-state index contributed by atoms with van der Waals surface area (Å²) in [6.45, 7) is 3.09. The Morgan fingerprint density at radius 2 is 1.70 bits per heavy atom. The fourth-order valence-electron chi connectivity index (χ4n) is 2.47. The van der Waals surface area contributed by atoms with Gasteiger partial charge in [0.2, 0.25) is 5.91 Å². The third kappa shape index (κ3) is 6.07. The van der Waals surface area contributed by atoms with Gasteiger partial charge in [-0.3, -0.25) is 4.79 Å². The first-order valence-electron chi connectivity index (χ1n) is 8.77. The van der Waals surface area contributed by atoms with Gasteiger partial charge in [0.1, 0.15) is 11.6 Å². The quantitative estimate of drug-likeness (QED) is 0.534. The minimum Gasteiger partial charge on any atom is -0.367 e. The summed E-state index contributed by atoms with van der Waals surface area (Å²) in [6, 6.07) is 17.2. The first-order chi connectivity index (χ1) is 13.2. The van der Waals surface area contributed by atoms with Crippen molar-refractivity contribution in [1.82, 2.24) is 20.5 Å². The van der Waals surface area contributed by atoms with Crippen LogP contribution in [0.1, 0.15) is 11.1 Å². The SMILES string of the molecule is Cc1ccnc(Nc2ccc(NCCNC(=O)Cc3ccccc3)nn2)c1. The largest absolute Gasteiger partial charge is 0.367 e. The Labute approximate surface area is 158 Å². The highest BCUT2D eigenvalue weighted by Gasteiger charge is 2.03. The molecule has 7 nitrogen and oxygen atoms in total. The molecule has 0 radical (unpaired) electrons. The molecule has 1 aromatic carbocycles. The van der Waals surface area contributed by atoms with Crippen LogP contribution in [0.5, 0.6) is 0 Å². The molecule has 1 amide bonds. The van der Waals surface area contributed by atoms with E-state index in [-0.39, 0.29) is 5.91 Å². The molecular formula is C20H22N6O. The zero-order valence-electron chi connectivity index (χ0n) is 15.1. The number of rotatable bonds is 8. The number of amides is 1. The van der Waals surface area contributed by atoms with Crippen LogP contribution in [-0.4, -0.2) is 34.2 Å². The summed E-state index contributed by atoms with van der Waals surface area (Å²) in [5.74, 6) is 2.00. The number of benzene rings is 1. The number of nitrogens with zero attached hydrogens (tertiary/aromatic N) is 3. The summed E-state index contributed by atoms with van der Waals surface area (Å²) in [4.78, 5) is 16.1. The topological polar surface area (TPSA) is 91.8 Å². The van der Waals surface area contributed by atoms with Gasteiger partial charge in [0.15, 0.2) is 5.82 Å². The van der Waals surface area contributed by atoms with E-state index in [0.717, 1.165) is 16.9 Å². The molecule has 0 aliphatic carbocycles. The van der Waals surface area contributed by atoms with Gasteiger partial charge in [0, 0.05) is 19.3 Å². The maximum Gasteiger partial charge on any atom is 0.224 e. The number of pyridine rings is 1. The summed E-state index contributed by atoms with van der Waals surface area (Å²) < 4.78 is 0. The second-order valence-electron chi connectivity index (χ2n) is 6.09. The van der Waals surface area contributed by atoms with Crippen LogP contribution in [0.3, 0.4) is 0 Å². The fraction of sp³-hybridized carbons (Fsp3) is 0.200. The lowest BCUT2D eigenvalue weighted by Crippen LogP contribution is -2.30. The maximum atomic E-state index is 11.9. The third-order valence-corrected chi connectivity index (χ3v) is 3.80. The molecule has 3 rings (SSSR count). The van der Waals surface area contributed by atoms with Gasteiger partial charge in [0.05, 0.1) is 6.42 Å². The molecular weight excluding hydrogens is 340 g/mol. The Kier molecular flexibility index (Phi) is 6.30. The average molecular weight is 362 g/mol. The molecule has 0 saturated heterocycles. The molecule has 0 fully saturated rings. The minimum absolute atomic E-state index is 0.000661. The van der Waals surface area contributed by atoms with E-state index in [1.807, 2.05) is 61.5 Å². The van der Waals surface area contributed by atoms with Crippen LogP contribution in [-0.2, 0) is 11.2 Å². The lowest BCUT2D eigenvalue weighted by Gasteiger charge is -2.08. The normalized spacial score (nSPS) is 10.3. The molecule has 3 aromatic rings. The molecule has 0 saturated carbocycles. The molecule has 2 heterocycles. The lowest BCUT2D eigenvalue weighted by atomic mass is 10.1. The van der Waals surface area contributed by atoms with Crippen molar-refractivity contribution in [1.29, 1.82) is 0 Å². The number of nitrogens with one attached hydrogen (secondary N) is 3. The van der Waals surface area contributed by atoms with Gasteiger partial charge in [-0.1, -0.05) is 30.3 Å². The number of aryl methyl sites for hydroxylation is 1. The Morgan fingerprint density at radius 3 is 2.44 bits per heavy atom. The van der Waals surface area contributed by atoms with E-state index < -0.39 is 0 Å². The third-order valence-electron chi connectivity index (χ3n) is 3.80. The number of hydrogen-bond donors (Lipinski definition) is 3. The van der Waals surface area contributed by atoms with Crippen molar-refractivity contribution in [2.45, 2.75) is 13.3 Å². The summed E-state index contributed by atoms with van der Waals surface area (Å²) in [7, 11) is 0. The summed E-state index contributed by atoms with van der Waals surface area (Å²) in [5.41, 5.74) is 2.12. The smallest absolute Gasteiger partial charge is 0.224 e. The van der Waals surface area contributed by atoms with Crippen LogP contribution in [0.4, 0.5) is 17.5 Å². The van der Waals surface area contributed by atoms with Crippen LogP contribution >= 0.6 is 0 Å². The van der Waals surface area contributed by atoms with Crippen molar-refractivity contribution in [2.75, 3.05) is 23.7 Å². The second kappa shape index (κ2) is 9.28. The second-order valence-corrected chi connectivity index (χ2v) is 6.09. The van der Waals surface area contributed by atoms with Gasteiger partial charge in [-0.2, -0.15) is 0 Å². The summed E-state index contributed by atoms with van der Waals surface area (Å²) in [6.07, 6.45) is 2.13. The average Bonchev–Trinajstić information content (AvgIpc) is 2.67. The molecule has 0 aliphatic heterocycles. The van der Waals surface area contributed by atoms with Crippen LogP contribution in [0, 0.1) is 6.92 Å². The summed E-state index contributed by atoms with van der Waals surface area (Å²) in [5, 5.41) is 17.4. The van der Waals surface area contributed by atoms with E-state index in [1.54, 1.807) is 6.20 Å². The van der Waals surface area contributed by atoms with Crippen LogP contribution in [0.25, 0.3) is 0 Å². The minimum atomic E-state index is -0.000661. The standard InChI is InChI=1S/C20H22N6O/c1-15-9-10-21-19(13-15)24-18-8-7-17(25-26-18)22-11-12-23-20(27)14-16-5-3-2-4-6-16/h2-10,13H,11-12,14H2,1H3,(H,22,25)(H,23,27)(H,21,24,26). The lowest BCUT2D eigenvalue weighted by molar-refractivity contribution is -0.120. The highest BCUT2D eigenvalue weighted by molar-refractivity contribution is 5.78. The van der Waals surface area contributed by atoms with Gasteiger partial charge in [-0.15, -0.1) is 10.2 Å². The molecule has 0 bridgehead atoms. The molecule has 3 N–H and O–H groups in total. The number of anilines is 3. The zero-order valence-corrected chi connectivity index (χ0v) is 15.1. The van der Waals surface area contributed by atoms with Crippen molar-refractivity contribution >= 4 is 23.4 Å². The van der Waals surface area contributed by atoms with E-state index in [4.69, 9.17) is 0 Å².